The quantitative estimate of drug-likeness (QED) is 0.167. The van der Waals surface area contributed by atoms with E-state index in [4.69, 9.17) is 28.8 Å². The van der Waals surface area contributed by atoms with Crippen LogP contribution in [0.3, 0.4) is 0 Å². The van der Waals surface area contributed by atoms with Crippen LogP contribution < -0.4 is 0 Å². The van der Waals surface area contributed by atoms with Crippen molar-refractivity contribution in [3.05, 3.63) is 12.7 Å². The lowest BCUT2D eigenvalue weighted by Gasteiger charge is -2.21. The predicted octanol–water partition coefficient (Wildman–Crippen LogP) is 1.52. The number of ether oxygens (including phenoxy) is 5. The zero-order valence-electron chi connectivity index (χ0n) is 19.1. The molecule has 0 unspecified atom stereocenters. The summed E-state index contributed by atoms with van der Waals surface area (Å²) in [5.74, 6) is -1.77. The topological polar surface area (TPSA) is 121 Å². The van der Waals surface area contributed by atoms with E-state index in [0.29, 0.717) is 39.6 Å². The second kappa shape index (κ2) is 24.3. The number of rotatable bonds is 20. The van der Waals surface area contributed by atoms with Gasteiger partial charge in [-0.1, -0.05) is 26.5 Å². The SMILES string of the molecule is C=CCOC(=O)CCN(CCC(=O)O)C(=O)CCOCCOCCOCCOC.CC. The average molecular weight is 450 g/mol. The van der Waals surface area contributed by atoms with Crippen molar-refractivity contribution in [1.29, 1.82) is 0 Å². The minimum atomic E-state index is -1.02. The summed E-state index contributed by atoms with van der Waals surface area (Å²) in [6, 6.07) is 0. The molecule has 0 saturated heterocycles. The zero-order valence-corrected chi connectivity index (χ0v) is 19.1. The maximum Gasteiger partial charge on any atom is 0.307 e. The third-order valence-electron chi connectivity index (χ3n) is 3.53. The Kier molecular flexibility index (Phi) is 24.4. The van der Waals surface area contributed by atoms with Crippen molar-refractivity contribution in [1.82, 2.24) is 4.90 Å². The van der Waals surface area contributed by atoms with Crippen LogP contribution >= 0.6 is 0 Å². The summed E-state index contributed by atoms with van der Waals surface area (Å²) in [7, 11) is 1.60. The molecule has 0 bridgehead atoms. The lowest BCUT2D eigenvalue weighted by molar-refractivity contribution is -0.143. The monoisotopic (exact) mass is 449 g/mol. The van der Waals surface area contributed by atoms with Gasteiger partial charge >= 0.3 is 11.9 Å². The molecular formula is C21H39NO9. The Morgan fingerprint density at radius 2 is 1.35 bits per heavy atom. The number of carboxylic acid groups (broad SMARTS) is 1. The number of hydrogen-bond acceptors (Lipinski definition) is 8. The Balaban J connectivity index is 0. The van der Waals surface area contributed by atoms with Crippen LogP contribution in [0.5, 0.6) is 0 Å². The molecule has 0 aromatic heterocycles. The van der Waals surface area contributed by atoms with Crippen molar-refractivity contribution in [2.45, 2.75) is 33.1 Å². The number of esters is 1. The van der Waals surface area contributed by atoms with E-state index in [1.165, 1.54) is 11.0 Å². The zero-order chi connectivity index (χ0) is 23.7. The molecule has 0 heterocycles. The molecule has 0 radical (unpaired) electrons. The molecule has 10 heteroatoms. The molecule has 0 atom stereocenters. The first-order chi connectivity index (χ1) is 15.0. The first kappa shape index (κ1) is 31.2. The van der Waals surface area contributed by atoms with Crippen LogP contribution in [0, 0.1) is 0 Å². The summed E-state index contributed by atoms with van der Waals surface area (Å²) in [6.45, 7) is 10.5. The van der Waals surface area contributed by atoms with Gasteiger partial charge in [-0.2, -0.15) is 0 Å². The molecule has 0 aliphatic carbocycles. The van der Waals surface area contributed by atoms with Gasteiger partial charge in [-0.3, -0.25) is 14.4 Å². The van der Waals surface area contributed by atoms with E-state index >= 15 is 0 Å². The van der Waals surface area contributed by atoms with Crippen LogP contribution in [0.15, 0.2) is 12.7 Å². The normalized spacial score (nSPS) is 10.0. The molecule has 0 rings (SSSR count). The molecule has 1 N–H and O–H groups in total. The Morgan fingerprint density at radius 3 is 1.87 bits per heavy atom. The van der Waals surface area contributed by atoms with Gasteiger partial charge in [-0.25, -0.2) is 0 Å². The molecule has 0 spiro atoms. The van der Waals surface area contributed by atoms with Gasteiger partial charge in [0.2, 0.25) is 5.91 Å². The number of methoxy groups -OCH3 is 1. The van der Waals surface area contributed by atoms with Crippen molar-refractivity contribution >= 4 is 17.8 Å². The summed E-state index contributed by atoms with van der Waals surface area (Å²) in [4.78, 5) is 35.9. The Morgan fingerprint density at radius 1 is 0.839 bits per heavy atom. The van der Waals surface area contributed by atoms with E-state index in [1.54, 1.807) is 7.11 Å². The minimum absolute atomic E-state index is 0.0135. The molecule has 182 valence electrons. The van der Waals surface area contributed by atoms with Gasteiger partial charge in [0.25, 0.3) is 0 Å². The fourth-order valence-electron chi connectivity index (χ4n) is 2.04. The first-order valence-corrected chi connectivity index (χ1v) is 10.5. The number of aliphatic carboxylic acids is 1. The van der Waals surface area contributed by atoms with Crippen molar-refractivity contribution < 1.29 is 43.2 Å². The fraction of sp³-hybridized carbons (Fsp3) is 0.762. The highest BCUT2D eigenvalue weighted by molar-refractivity contribution is 5.78. The minimum Gasteiger partial charge on any atom is -0.481 e. The van der Waals surface area contributed by atoms with Gasteiger partial charge in [0.15, 0.2) is 0 Å². The number of amides is 1. The van der Waals surface area contributed by atoms with Gasteiger partial charge in [0.05, 0.1) is 65.5 Å². The molecule has 0 aromatic carbocycles. The van der Waals surface area contributed by atoms with Crippen LogP contribution in [0.4, 0.5) is 0 Å². The summed E-state index contributed by atoms with van der Waals surface area (Å²) < 4.78 is 25.6. The Bertz CT molecular complexity index is 472. The predicted molar refractivity (Wildman–Crippen MR) is 115 cm³/mol. The van der Waals surface area contributed by atoms with Crippen LogP contribution in [0.2, 0.25) is 0 Å². The van der Waals surface area contributed by atoms with E-state index in [0.717, 1.165) is 0 Å². The lowest BCUT2D eigenvalue weighted by Crippen LogP contribution is -2.35. The van der Waals surface area contributed by atoms with Crippen molar-refractivity contribution in [3.63, 3.8) is 0 Å². The Hall–Kier alpha value is -2.01. The highest BCUT2D eigenvalue weighted by Crippen LogP contribution is 2.01. The lowest BCUT2D eigenvalue weighted by atomic mass is 10.3. The summed E-state index contributed by atoms with van der Waals surface area (Å²) >= 11 is 0. The van der Waals surface area contributed by atoms with Gasteiger partial charge in [-0.15, -0.1) is 0 Å². The second-order valence-electron chi connectivity index (χ2n) is 5.83. The smallest absolute Gasteiger partial charge is 0.307 e. The maximum absolute atomic E-state index is 12.3. The third-order valence-corrected chi connectivity index (χ3v) is 3.53. The molecule has 0 aliphatic heterocycles. The highest BCUT2D eigenvalue weighted by Gasteiger charge is 2.16. The van der Waals surface area contributed by atoms with Crippen molar-refractivity contribution in [3.8, 4) is 0 Å². The van der Waals surface area contributed by atoms with Crippen LogP contribution in [-0.2, 0) is 38.1 Å². The standard InChI is InChI=1S/C19H33NO9.C2H6/c1-3-9-29-19(24)5-8-20(7-4-18(22)23)17(21)6-10-26-13-14-28-16-15-27-12-11-25-2;1-2/h3H,1,4-16H2,2H3,(H,22,23);1-2H3. The van der Waals surface area contributed by atoms with Crippen molar-refractivity contribution in [2.75, 3.05) is 73.1 Å². The molecule has 1 amide bonds. The summed E-state index contributed by atoms with van der Waals surface area (Å²) in [5, 5.41) is 8.82. The highest BCUT2D eigenvalue weighted by atomic mass is 16.6. The number of carbonyl (C=O) groups is 3. The first-order valence-electron chi connectivity index (χ1n) is 10.5. The largest absolute Gasteiger partial charge is 0.481 e. The second-order valence-corrected chi connectivity index (χ2v) is 5.83. The van der Waals surface area contributed by atoms with Gasteiger partial charge < -0.3 is 33.7 Å². The van der Waals surface area contributed by atoms with E-state index in [9.17, 15) is 14.4 Å². The van der Waals surface area contributed by atoms with Gasteiger partial charge in [0.1, 0.15) is 6.61 Å². The molecule has 10 nitrogen and oxygen atoms in total. The van der Waals surface area contributed by atoms with Gasteiger partial charge in [0, 0.05) is 20.2 Å². The summed E-state index contributed by atoms with van der Waals surface area (Å²) in [6.07, 6.45) is 1.32. The molecular weight excluding hydrogens is 410 g/mol. The molecule has 0 aliphatic rings. The van der Waals surface area contributed by atoms with Crippen molar-refractivity contribution in [2.24, 2.45) is 0 Å². The molecule has 31 heavy (non-hydrogen) atoms. The molecule has 0 saturated carbocycles. The number of carbonyl (C=O) groups excluding carboxylic acids is 2. The van der Waals surface area contributed by atoms with Crippen LogP contribution in [0.1, 0.15) is 33.1 Å². The average Bonchev–Trinajstić information content (AvgIpc) is 2.77. The third kappa shape index (κ3) is 22.5. The number of hydrogen-bond donors (Lipinski definition) is 1. The Labute approximate surface area is 185 Å². The molecule has 0 fully saturated rings. The fourth-order valence-corrected chi connectivity index (χ4v) is 2.04. The molecule has 0 aromatic rings. The maximum atomic E-state index is 12.3. The number of carboxylic acids is 1. The summed E-state index contributed by atoms with van der Waals surface area (Å²) in [5.41, 5.74) is 0. The van der Waals surface area contributed by atoms with Crippen LogP contribution in [0.25, 0.3) is 0 Å². The van der Waals surface area contributed by atoms with E-state index in [-0.39, 0.29) is 51.5 Å². The van der Waals surface area contributed by atoms with E-state index in [2.05, 4.69) is 6.58 Å². The van der Waals surface area contributed by atoms with Crippen LogP contribution in [-0.4, -0.2) is 101 Å². The van der Waals surface area contributed by atoms with Gasteiger partial charge in [-0.05, 0) is 0 Å². The number of nitrogens with zero attached hydrogens (tertiary/aromatic N) is 1. The van der Waals surface area contributed by atoms with E-state index < -0.39 is 11.9 Å². The van der Waals surface area contributed by atoms with E-state index in [1.807, 2.05) is 13.8 Å².